The maximum atomic E-state index is 10.8. The highest BCUT2D eigenvalue weighted by molar-refractivity contribution is 5.68. The molecule has 11 heavy (non-hydrogen) atoms. The van der Waals surface area contributed by atoms with Crippen LogP contribution in [0, 0.1) is 24.7 Å². The van der Waals surface area contributed by atoms with Crippen LogP contribution in [0.2, 0.25) is 0 Å². The molecule has 0 aromatic rings. The van der Waals surface area contributed by atoms with E-state index in [0.29, 0.717) is 0 Å². The Balaban J connectivity index is 4.02. The van der Waals surface area contributed by atoms with E-state index in [4.69, 9.17) is 12.8 Å². The summed E-state index contributed by atoms with van der Waals surface area (Å²) in [5.41, 5.74) is 0. The van der Waals surface area contributed by atoms with E-state index < -0.39 is 6.09 Å². The summed E-state index contributed by atoms with van der Waals surface area (Å²) in [6.07, 6.45) is 9.47. The minimum Gasteiger partial charge on any atom is -0.453 e. The van der Waals surface area contributed by atoms with Crippen molar-refractivity contribution in [3.8, 4) is 24.7 Å². The van der Waals surface area contributed by atoms with E-state index in [1.54, 1.807) is 0 Å². The maximum Gasteiger partial charge on any atom is 0.411 e. The molecule has 0 aliphatic carbocycles. The first-order valence-electron chi connectivity index (χ1n) is 2.96. The number of nitrogens with zero attached hydrogens (tertiary/aromatic N) is 1. The van der Waals surface area contributed by atoms with Gasteiger partial charge in [0.1, 0.15) is 0 Å². The van der Waals surface area contributed by atoms with Gasteiger partial charge in [0.15, 0.2) is 0 Å². The van der Waals surface area contributed by atoms with Gasteiger partial charge in [-0.2, -0.15) is 0 Å². The zero-order valence-electron chi connectivity index (χ0n) is 6.33. The third-order valence-corrected chi connectivity index (χ3v) is 0.997. The lowest BCUT2D eigenvalue weighted by Gasteiger charge is -2.14. The largest absolute Gasteiger partial charge is 0.453 e. The van der Waals surface area contributed by atoms with E-state index in [2.05, 4.69) is 16.6 Å². The fraction of sp³-hybridized carbons (Fsp3) is 0.375. The van der Waals surface area contributed by atoms with Crippen LogP contribution < -0.4 is 0 Å². The van der Waals surface area contributed by atoms with Crippen LogP contribution in [-0.4, -0.2) is 31.2 Å². The van der Waals surface area contributed by atoms with Crippen molar-refractivity contribution in [3.63, 3.8) is 0 Å². The van der Waals surface area contributed by atoms with Gasteiger partial charge in [-0.15, -0.1) is 12.8 Å². The average molecular weight is 151 g/mol. The summed E-state index contributed by atoms with van der Waals surface area (Å²) in [5.74, 6) is 4.59. The van der Waals surface area contributed by atoms with Crippen molar-refractivity contribution in [2.24, 2.45) is 0 Å². The average Bonchev–Trinajstić information content (AvgIpc) is 2.03. The normalized spacial score (nSPS) is 7.55. The van der Waals surface area contributed by atoms with E-state index >= 15 is 0 Å². The minimum absolute atomic E-state index is 0.177. The molecule has 0 aromatic heterocycles. The van der Waals surface area contributed by atoms with Crippen molar-refractivity contribution in [2.45, 2.75) is 0 Å². The lowest BCUT2D eigenvalue weighted by molar-refractivity contribution is 0.134. The Hall–Kier alpha value is -1.61. The van der Waals surface area contributed by atoms with Crippen LogP contribution in [0.15, 0.2) is 0 Å². The number of amides is 1. The molecule has 0 saturated carbocycles. The third-order valence-electron chi connectivity index (χ3n) is 0.997. The van der Waals surface area contributed by atoms with E-state index in [0.717, 1.165) is 0 Å². The highest BCUT2D eigenvalue weighted by atomic mass is 16.5. The van der Waals surface area contributed by atoms with Crippen molar-refractivity contribution >= 4 is 6.09 Å². The molecule has 0 radical (unpaired) electrons. The fourth-order valence-electron chi connectivity index (χ4n) is 0.534. The standard InChI is InChI=1S/C8H9NO2/c1-4-6-9(7-5-2)8(10)11-3/h1-2H,6-7H2,3H3. The molecule has 0 aromatic carbocycles. The number of ether oxygens (including phenoxy) is 1. The van der Waals surface area contributed by atoms with Crippen LogP contribution in [0.5, 0.6) is 0 Å². The Labute approximate surface area is 66.3 Å². The molecule has 0 heterocycles. The molecule has 0 aliphatic heterocycles. The van der Waals surface area contributed by atoms with Crippen LogP contribution in [0.3, 0.4) is 0 Å². The first-order chi connectivity index (χ1) is 5.26. The van der Waals surface area contributed by atoms with Gasteiger partial charge in [0.05, 0.1) is 20.2 Å². The predicted molar refractivity (Wildman–Crippen MR) is 41.6 cm³/mol. The molecule has 3 heteroatoms. The summed E-state index contributed by atoms with van der Waals surface area (Å²) in [7, 11) is 1.28. The first-order valence-corrected chi connectivity index (χ1v) is 2.96. The molecule has 0 N–H and O–H groups in total. The number of methoxy groups -OCH3 is 1. The lowest BCUT2D eigenvalue weighted by Crippen LogP contribution is -2.31. The van der Waals surface area contributed by atoms with E-state index in [1.165, 1.54) is 12.0 Å². The van der Waals surface area contributed by atoms with Crippen LogP contribution >= 0.6 is 0 Å². The second-order valence-corrected chi connectivity index (χ2v) is 1.73. The highest BCUT2D eigenvalue weighted by Gasteiger charge is 2.09. The van der Waals surface area contributed by atoms with Crippen LogP contribution in [0.1, 0.15) is 0 Å². The molecule has 0 bridgehead atoms. The summed E-state index contributed by atoms with van der Waals surface area (Å²) in [4.78, 5) is 12.1. The Morgan fingerprint density at radius 3 is 2.18 bits per heavy atom. The Morgan fingerprint density at radius 2 is 1.91 bits per heavy atom. The quantitative estimate of drug-likeness (QED) is 0.532. The highest BCUT2D eigenvalue weighted by Crippen LogP contribution is 1.89. The van der Waals surface area contributed by atoms with Crippen LogP contribution in [0.25, 0.3) is 0 Å². The van der Waals surface area contributed by atoms with E-state index in [9.17, 15) is 4.79 Å². The van der Waals surface area contributed by atoms with Gasteiger partial charge in [0, 0.05) is 0 Å². The smallest absolute Gasteiger partial charge is 0.411 e. The maximum absolute atomic E-state index is 10.8. The zero-order valence-corrected chi connectivity index (χ0v) is 6.33. The summed E-state index contributed by atoms with van der Waals surface area (Å²) in [5, 5.41) is 0. The van der Waals surface area contributed by atoms with Crippen molar-refractivity contribution in [2.75, 3.05) is 20.2 Å². The summed E-state index contributed by atoms with van der Waals surface area (Å²) >= 11 is 0. The van der Waals surface area contributed by atoms with Crippen molar-refractivity contribution in [1.29, 1.82) is 0 Å². The summed E-state index contributed by atoms with van der Waals surface area (Å²) in [6.45, 7) is 0.355. The van der Waals surface area contributed by atoms with Gasteiger partial charge < -0.3 is 4.74 Å². The Bertz CT molecular complexity index is 193. The molecule has 3 nitrogen and oxygen atoms in total. The molecular formula is C8H9NO2. The third kappa shape index (κ3) is 3.17. The molecule has 0 unspecified atom stereocenters. The number of rotatable bonds is 2. The number of hydrogen-bond donors (Lipinski definition) is 0. The van der Waals surface area contributed by atoms with Crippen molar-refractivity contribution in [1.82, 2.24) is 4.90 Å². The first kappa shape index (κ1) is 9.39. The van der Waals surface area contributed by atoms with Gasteiger partial charge in [0.2, 0.25) is 0 Å². The minimum atomic E-state index is -0.499. The number of carbonyl (C=O) groups excluding carboxylic acids is 1. The molecule has 0 rings (SSSR count). The van der Waals surface area contributed by atoms with Gasteiger partial charge in [-0.25, -0.2) is 4.79 Å². The molecule has 0 saturated heterocycles. The summed E-state index contributed by atoms with van der Waals surface area (Å²) < 4.78 is 4.41. The topological polar surface area (TPSA) is 29.5 Å². The second-order valence-electron chi connectivity index (χ2n) is 1.73. The van der Waals surface area contributed by atoms with Crippen molar-refractivity contribution < 1.29 is 9.53 Å². The van der Waals surface area contributed by atoms with Gasteiger partial charge >= 0.3 is 6.09 Å². The lowest BCUT2D eigenvalue weighted by atomic mass is 10.5. The molecular weight excluding hydrogens is 142 g/mol. The van der Waals surface area contributed by atoms with Crippen molar-refractivity contribution in [3.05, 3.63) is 0 Å². The number of hydrogen-bond acceptors (Lipinski definition) is 2. The Kier molecular flexibility index (Phi) is 4.44. The van der Waals surface area contributed by atoms with Gasteiger partial charge in [0.25, 0.3) is 0 Å². The monoisotopic (exact) mass is 151 g/mol. The van der Waals surface area contributed by atoms with E-state index in [-0.39, 0.29) is 13.1 Å². The molecule has 58 valence electrons. The van der Waals surface area contributed by atoms with Gasteiger partial charge in [-0.05, 0) is 0 Å². The SMILES string of the molecule is C#CCN(CC#C)C(=O)OC. The molecule has 0 fully saturated rings. The van der Waals surface area contributed by atoms with Gasteiger partial charge in [-0.1, -0.05) is 11.8 Å². The molecule has 0 aliphatic rings. The van der Waals surface area contributed by atoms with E-state index in [1.807, 2.05) is 0 Å². The number of carbonyl (C=O) groups is 1. The number of terminal acetylenes is 2. The molecule has 0 atom stereocenters. The van der Waals surface area contributed by atoms with Crippen LogP contribution in [0.4, 0.5) is 4.79 Å². The Morgan fingerprint density at radius 1 is 1.45 bits per heavy atom. The zero-order chi connectivity index (χ0) is 8.69. The molecule has 1 amide bonds. The predicted octanol–water partition coefficient (Wildman–Crippen LogP) is 0.321. The summed E-state index contributed by atoms with van der Waals surface area (Å²) in [6, 6.07) is 0. The second kappa shape index (κ2) is 5.20. The van der Waals surface area contributed by atoms with Gasteiger partial charge in [-0.3, -0.25) is 4.90 Å². The molecule has 0 spiro atoms. The fourth-order valence-corrected chi connectivity index (χ4v) is 0.534. The van der Waals surface area contributed by atoms with Crippen LogP contribution in [-0.2, 0) is 4.74 Å².